The Morgan fingerprint density at radius 1 is 1.27 bits per heavy atom. The number of methoxy groups -OCH3 is 1. The molecule has 0 bridgehead atoms. The summed E-state index contributed by atoms with van der Waals surface area (Å²) in [5, 5.41) is 0. The minimum absolute atomic E-state index is 0.0628. The standard InChI is InChI=1S/C18H20N4O3S/c1-21-17-11-19-8-6-16(17)20-18(21)13-7-9-22(12-13)26(23,24)15-5-3-4-14(10-15)25-2/h3-6,8,10-11,13H,7,9,12H2,1-2H3/t13-/m1/s1. The zero-order valence-corrected chi connectivity index (χ0v) is 15.5. The first kappa shape index (κ1) is 17.0. The van der Waals surface area contributed by atoms with Crippen LogP contribution in [0.1, 0.15) is 18.2 Å². The molecule has 1 aliphatic heterocycles. The largest absolute Gasteiger partial charge is 0.497 e. The number of rotatable bonds is 4. The second-order valence-electron chi connectivity index (χ2n) is 6.42. The molecule has 1 fully saturated rings. The number of benzene rings is 1. The van der Waals surface area contributed by atoms with E-state index >= 15 is 0 Å². The smallest absolute Gasteiger partial charge is 0.243 e. The topological polar surface area (TPSA) is 77.3 Å². The maximum atomic E-state index is 13.0. The van der Waals surface area contributed by atoms with Gasteiger partial charge in [0.1, 0.15) is 11.6 Å². The number of sulfonamides is 1. The van der Waals surface area contributed by atoms with Gasteiger partial charge in [-0.2, -0.15) is 4.31 Å². The van der Waals surface area contributed by atoms with Gasteiger partial charge in [0.05, 0.1) is 29.2 Å². The molecule has 2 aromatic heterocycles. The minimum atomic E-state index is -3.55. The summed E-state index contributed by atoms with van der Waals surface area (Å²) in [5.41, 5.74) is 1.84. The van der Waals surface area contributed by atoms with Crippen LogP contribution in [0.15, 0.2) is 47.6 Å². The predicted molar refractivity (Wildman–Crippen MR) is 97.6 cm³/mol. The third kappa shape index (κ3) is 2.75. The maximum Gasteiger partial charge on any atom is 0.243 e. The van der Waals surface area contributed by atoms with Gasteiger partial charge in [-0.25, -0.2) is 13.4 Å². The maximum absolute atomic E-state index is 13.0. The van der Waals surface area contributed by atoms with Crippen LogP contribution in [0.5, 0.6) is 5.75 Å². The fourth-order valence-electron chi connectivity index (χ4n) is 3.49. The molecule has 3 heterocycles. The highest BCUT2D eigenvalue weighted by molar-refractivity contribution is 7.89. The van der Waals surface area contributed by atoms with Crippen LogP contribution in [0, 0.1) is 0 Å². The number of hydrogen-bond donors (Lipinski definition) is 0. The lowest BCUT2D eigenvalue weighted by molar-refractivity contribution is 0.412. The third-order valence-corrected chi connectivity index (χ3v) is 6.77. The van der Waals surface area contributed by atoms with Crippen molar-refractivity contribution >= 4 is 21.1 Å². The van der Waals surface area contributed by atoms with E-state index in [-0.39, 0.29) is 10.8 Å². The third-order valence-electron chi connectivity index (χ3n) is 4.91. The van der Waals surface area contributed by atoms with E-state index in [1.165, 1.54) is 11.4 Å². The van der Waals surface area contributed by atoms with Crippen LogP contribution < -0.4 is 4.74 Å². The van der Waals surface area contributed by atoms with Crippen molar-refractivity contribution in [1.82, 2.24) is 18.8 Å². The molecule has 26 heavy (non-hydrogen) atoms. The molecule has 0 unspecified atom stereocenters. The predicted octanol–water partition coefficient (Wildman–Crippen LogP) is 2.16. The molecule has 0 amide bonds. The van der Waals surface area contributed by atoms with Crippen molar-refractivity contribution in [2.75, 3.05) is 20.2 Å². The van der Waals surface area contributed by atoms with Gasteiger partial charge in [-0.15, -0.1) is 0 Å². The zero-order valence-electron chi connectivity index (χ0n) is 14.7. The van der Waals surface area contributed by atoms with Gasteiger partial charge in [0.15, 0.2) is 0 Å². The Kier molecular flexibility index (Phi) is 4.16. The summed E-state index contributed by atoms with van der Waals surface area (Å²) in [5.74, 6) is 1.49. The Morgan fingerprint density at radius 2 is 2.12 bits per heavy atom. The summed E-state index contributed by atoms with van der Waals surface area (Å²) in [6.07, 6.45) is 4.24. The minimum Gasteiger partial charge on any atom is -0.497 e. The van der Waals surface area contributed by atoms with Crippen LogP contribution in [0.25, 0.3) is 11.0 Å². The second-order valence-corrected chi connectivity index (χ2v) is 8.36. The molecule has 0 N–H and O–H groups in total. The number of ether oxygens (including phenoxy) is 1. The van der Waals surface area contributed by atoms with Gasteiger partial charge in [0.25, 0.3) is 0 Å². The average Bonchev–Trinajstić information content (AvgIpc) is 3.28. The molecule has 3 aromatic rings. The van der Waals surface area contributed by atoms with E-state index < -0.39 is 10.0 Å². The summed E-state index contributed by atoms with van der Waals surface area (Å²) >= 11 is 0. The molecule has 8 heteroatoms. The Hall–Kier alpha value is -2.45. The van der Waals surface area contributed by atoms with E-state index in [1.807, 2.05) is 17.7 Å². The fraction of sp³-hybridized carbons (Fsp3) is 0.333. The first-order chi connectivity index (χ1) is 12.5. The van der Waals surface area contributed by atoms with Crippen molar-refractivity contribution < 1.29 is 13.2 Å². The van der Waals surface area contributed by atoms with Gasteiger partial charge in [-0.3, -0.25) is 4.98 Å². The molecule has 0 aliphatic carbocycles. The summed E-state index contributed by atoms with van der Waals surface area (Å²) in [6, 6.07) is 8.46. The molecule has 0 radical (unpaired) electrons. The van der Waals surface area contributed by atoms with E-state index in [4.69, 9.17) is 9.72 Å². The molecule has 1 aliphatic rings. The Bertz CT molecular complexity index is 1060. The van der Waals surface area contributed by atoms with Crippen molar-refractivity contribution in [2.45, 2.75) is 17.2 Å². The van der Waals surface area contributed by atoms with Crippen molar-refractivity contribution in [3.63, 3.8) is 0 Å². The number of fused-ring (bicyclic) bond motifs is 1. The number of aryl methyl sites for hydroxylation is 1. The number of pyridine rings is 1. The summed E-state index contributed by atoms with van der Waals surface area (Å²) in [7, 11) is -0.0752. The highest BCUT2D eigenvalue weighted by Gasteiger charge is 2.35. The average molecular weight is 372 g/mol. The summed E-state index contributed by atoms with van der Waals surface area (Å²) < 4.78 is 34.6. The van der Waals surface area contributed by atoms with Crippen molar-refractivity contribution in [2.24, 2.45) is 7.05 Å². The molecule has 1 saturated heterocycles. The van der Waals surface area contributed by atoms with E-state index in [2.05, 4.69) is 4.98 Å². The molecular formula is C18H20N4O3S. The molecule has 0 saturated carbocycles. The first-order valence-electron chi connectivity index (χ1n) is 8.41. The normalized spacial score (nSPS) is 18.5. The Balaban J connectivity index is 1.62. The van der Waals surface area contributed by atoms with Crippen molar-refractivity contribution in [3.05, 3.63) is 48.5 Å². The molecular weight excluding hydrogens is 352 g/mol. The number of hydrogen-bond acceptors (Lipinski definition) is 5. The van der Waals surface area contributed by atoms with E-state index in [0.717, 1.165) is 23.3 Å². The molecule has 1 atom stereocenters. The lowest BCUT2D eigenvalue weighted by Gasteiger charge is -2.17. The molecule has 4 rings (SSSR count). The van der Waals surface area contributed by atoms with E-state index in [9.17, 15) is 8.42 Å². The van der Waals surface area contributed by atoms with Gasteiger partial charge in [0, 0.05) is 38.3 Å². The molecule has 136 valence electrons. The molecule has 1 aromatic carbocycles. The van der Waals surface area contributed by atoms with Gasteiger partial charge in [0.2, 0.25) is 10.0 Å². The number of imidazole rings is 1. The molecule has 7 nitrogen and oxygen atoms in total. The van der Waals surface area contributed by atoms with Crippen LogP contribution in [0.2, 0.25) is 0 Å². The zero-order chi connectivity index (χ0) is 18.3. The van der Waals surface area contributed by atoms with Gasteiger partial charge < -0.3 is 9.30 Å². The molecule has 0 spiro atoms. The van der Waals surface area contributed by atoms with Crippen LogP contribution in [-0.2, 0) is 17.1 Å². The lowest BCUT2D eigenvalue weighted by atomic mass is 10.1. The Labute approximate surface area is 152 Å². The van der Waals surface area contributed by atoms with Crippen LogP contribution in [0.3, 0.4) is 0 Å². The van der Waals surface area contributed by atoms with E-state index in [1.54, 1.807) is 36.7 Å². The Morgan fingerprint density at radius 3 is 2.88 bits per heavy atom. The number of aromatic nitrogens is 3. The van der Waals surface area contributed by atoms with Crippen LogP contribution >= 0.6 is 0 Å². The quantitative estimate of drug-likeness (QED) is 0.701. The summed E-state index contributed by atoms with van der Waals surface area (Å²) in [4.78, 5) is 9.09. The summed E-state index contributed by atoms with van der Waals surface area (Å²) in [6.45, 7) is 0.899. The number of nitrogens with zero attached hydrogens (tertiary/aromatic N) is 4. The van der Waals surface area contributed by atoms with E-state index in [0.29, 0.717) is 18.8 Å². The van der Waals surface area contributed by atoms with Crippen molar-refractivity contribution in [1.29, 1.82) is 0 Å². The van der Waals surface area contributed by atoms with Crippen LogP contribution in [0.4, 0.5) is 0 Å². The highest BCUT2D eigenvalue weighted by atomic mass is 32.2. The highest BCUT2D eigenvalue weighted by Crippen LogP contribution is 2.32. The fourth-order valence-corrected chi connectivity index (χ4v) is 5.02. The van der Waals surface area contributed by atoms with Gasteiger partial charge in [-0.1, -0.05) is 6.07 Å². The monoisotopic (exact) mass is 372 g/mol. The van der Waals surface area contributed by atoms with Gasteiger partial charge >= 0.3 is 0 Å². The lowest BCUT2D eigenvalue weighted by Crippen LogP contribution is -2.29. The van der Waals surface area contributed by atoms with Crippen LogP contribution in [-0.4, -0.2) is 47.5 Å². The van der Waals surface area contributed by atoms with Crippen molar-refractivity contribution in [3.8, 4) is 5.75 Å². The first-order valence-corrected chi connectivity index (χ1v) is 9.85. The SMILES string of the molecule is COc1cccc(S(=O)(=O)N2CC[C@@H](c3nc4ccncc4n3C)C2)c1. The van der Waals surface area contributed by atoms with Gasteiger partial charge in [-0.05, 0) is 24.6 Å². The second kappa shape index (κ2) is 6.37.